The highest BCUT2D eigenvalue weighted by Crippen LogP contribution is 2.42. The van der Waals surface area contributed by atoms with Crippen LogP contribution in [0, 0.1) is 0 Å². The summed E-state index contributed by atoms with van der Waals surface area (Å²) in [6.07, 6.45) is 0.959. The molecule has 1 N–H and O–H groups in total. The number of hydrogen-bond acceptors (Lipinski definition) is 7. The van der Waals surface area contributed by atoms with Crippen molar-refractivity contribution >= 4 is 39.1 Å². The molecule has 0 saturated carbocycles. The first-order valence-corrected chi connectivity index (χ1v) is 10.4. The average Bonchev–Trinajstić information content (AvgIpc) is 2.91. The van der Waals surface area contributed by atoms with Gasteiger partial charge in [0.1, 0.15) is 0 Å². The van der Waals surface area contributed by atoms with Gasteiger partial charge in [-0.2, -0.15) is 0 Å². The van der Waals surface area contributed by atoms with Crippen LogP contribution >= 0.6 is 23.1 Å². The van der Waals surface area contributed by atoms with E-state index >= 15 is 0 Å². The molecule has 0 amide bonds. The fraction of sp³-hybridized carbons (Fsp3) is 0.647. The van der Waals surface area contributed by atoms with Crippen LogP contribution in [0.1, 0.15) is 31.2 Å². The molecule has 2 aromatic rings. The van der Waals surface area contributed by atoms with Gasteiger partial charge in [-0.15, -0.1) is 11.3 Å². The van der Waals surface area contributed by atoms with E-state index in [1.54, 1.807) is 11.8 Å². The summed E-state index contributed by atoms with van der Waals surface area (Å²) in [7, 11) is 0. The van der Waals surface area contributed by atoms with E-state index in [2.05, 4.69) is 31.0 Å². The Bertz CT molecular complexity index is 753. The number of aromatic nitrogens is 2. The molecule has 7 heteroatoms. The van der Waals surface area contributed by atoms with Crippen LogP contribution in [-0.2, 0) is 17.8 Å². The van der Waals surface area contributed by atoms with Crippen molar-refractivity contribution in [2.75, 3.05) is 36.8 Å². The Balaban J connectivity index is 1.85. The smallest absolute Gasteiger partial charge is 0.190 e. The van der Waals surface area contributed by atoms with Gasteiger partial charge in [0.15, 0.2) is 11.0 Å². The highest BCUT2D eigenvalue weighted by Gasteiger charge is 2.31. The summed E-state index contributed by atoms with van der Waals surface area (Å²) in [6, 6.07) is 0. The average molecular weight is 365 g/mol. The van der Waals surface area contributed by atoms with E-state index in [4.69, 9.17) is 14.7 Å². The lowest BCUT2D eigenvalue weighted by molar-refractivity contribution is -0.0383. The maximum atomic E-state index is 6.06. The zero-order valence-electron chi connectivity index (χ0n) is 14.5. The number of rotatable bonds is 3. The molecule has 2 aromatic heterocycles. The highest BCUT2D eigenvalue weighted by atomic mass is 32.2. The summed E-state index contributed by atoms with van der Waals surface area (Å²) < 4.78 is 7.30. The lowest BCUT2D eigenvalue weighted by Crippen LogP contribution is -2.44. The zero-order chi connectivity index (χ0) is 16.7. The van der Waals surface area contributed by atoms with E-state index in [-0.39, 0.29) is 5.60 Å². The number of nitrogens with zero attached hydrogens (tertiary/aromatic N) is 3. The molecule has 0 radical (unpaired) electrons. The number of hydrogen-bond donors (Lipinski definition) is 1. The topological polar surface area (TPSA) is 50.3 Å². The van der Waals surface area contributed by atoms with Gasteiger partial charge in [0.2, 0.25) is 0 Å². The molecular weight excluding hydrogens is 340 g/mol. The second-order valence-corrected chi connectivity index (χ2v) is 9.24. The van der Waals surface area contributed by atoms with Crippen LogP contribution < -0.4 is 10.2 Å². The van der Waals surface area contributed by atoms with E-state index in [1.807, 2.05) is 11.3 Å². The van der Waals surface area contributed by atoms with Crippen molar-refractivity contribution in [1.82, 2.24) is 15.3 Å². The van der Waals surface area contributed by atoms with Gasteiger partial charge in [-0.1, -0.05) is 18.7 Å². The lowest BCUT2D eigenvalue weighted by atomic mass is 9.98. The summed E-state index contributed by atoms with van der Waals surface area (Å²) in [4.78, 5) is 13.6. The van der Waals surface area contributed by atoms with E-state index < -0.39 is 0 Å². The van der Waals surface area contributed by atoms with Crippen LogP contribution in [0.2, 0.25) is 0 Å². The molecule has 24 heavy (non-hydrogen) atoms. The van der Waals surface area contributed by atoms with Crippen LogP contribution in [0.5, 0.6) is 0 Å². The number of anilines is 1. The molecule has 0 aromatic carbocycles. The monoisotopic (exact) mass is 364 g/mol. The van der Waals surface area contributed by atoms with Crippen LogP contribution in [0.25, 0.3) is 10.2 Å². The van der Waals surface area contributed by atoms with Crippen LogP contribution in [0.15, 0.2) is 5.16 Å². The third kappa shape index (κ3) is 3.03. The standard InChI is InChI=1S/C17H24N4OS2/c1-4-23-16-19-13-11-10-22-17(2,3)9-12(11)24-14(13)15(20-16)21-7-5-18-6-8-21/h18H,4-10H2,1-3H3. The Labute approximate surface area is 151 Å². The Kier molecular flexibility index (Phi) is 4.45. The summed E-state index contributed by atoms with van der Waals surface area (Å²) in [6.45, 7) is 11.2. The minimum Gasteiger partial charge on any atom is -0.370 e. The predicted octanol–water partition coefficient (Wildman–Crippen LogP) is 3.06. The summed E-state index contributed by atoms with van der Waals surface area (Å²) in [5.41, 5.74) is 2.31. The Hall–Kier alpha value is -0.890. The quantitative estimate of drug-likeness (QED) is 0.667. The largest absolute Gasteiger partial charge is 0.370 e. The van der Waals surface area contributed by atoms with Gasteiger partial charge < -0.3 is 15.0 Å². The molecule has 2 aliphatic rings. The van der Waals surface area contributed by atoms with Gasteiger partial charge in [0.25, 0.3) is 0 Å². The number of nitrogens with one attached hydrogen (secondary N) is 1. The van der Waals surface area contributed by atoms with Crippen molar-refractivity contribution < 1.29 is 4.74 Å². The van der Waals surface area contributed by atoms with E-state index in [1.165, 1.54) is 15.1 Å². The van der Waals surface area contributed by atoms with Crippen LogP contribution in [-0.4, -0.2) is 47.5 Å². The molecule has 0 unspecified atom stereocenters. The Morgan fingerprint density at radius 2 is 2.08 bits per heavy atom. The molecular formula is C17H24N4OS2. The van der Waals surface area contributed by atoms with Gasteiger partial charge in [-0.05, 0) is 19.6 Å². The predicted molar refractivity (Wildman–Crippen MR) is 101 cm³/mol. The first kappa shape index (κ1) is 16.6. The van der Waals surface area contributed by atoms with Gasteiger partial charge in [-0.3, -0.25) is 0 Å². The molecule has 0 bridgehead atoms. The van der Waals surface area contributed by atoms with Crippen molar-refractivity contribution in [2.24, 2.45) is 0 Å². The summed E-state index contributed by atoms with van der Waals surface area (Å²) in [5, 5.41) is 4.32. The molecule has 1 fully saturated rings. The fourth-order valence-electron chi connectivity index (χ4n) is 3.32. The minimum atomic E-state index is -0.0858. The molecule has 5 nitrogen and oxygen atoms in total. The van der Waals surface area contributed by atoms with Crippen LogP contribution in [0.3, 0.4) is 0 Å². The summed E-state index contributed by atoms with van der Waals surface area (Å²) >= 11 is 3.59. The van der Waals surface area contributed by atoms with E-state index in [9.17, 15) is 0 Å². The first-order chi connectivity index (χ1) is 11.6. The first-order valence-electron chi connectivity index (χ1n) is 8.62. The molecule has 4 rings (SSSR count). The van der Waals surface area contributed by atoms with E-state index in [0.29, 0.717) is 6.61 Å². The molecule has 130 valence electrons. The summed E-state index contributed by atoms with van der Waals surface area (Å²) in [5.74, 6) is 2.11. The Morgan fingerprint density at radius 1 is 1.29 bits per heavy atom. The van der Waals surface area contributed by atoms with Gasteiger partial charge in [0, 0.05) is 43.0 Å². The van der Waals surface area contributed by atoms with Gasteiger partial charge in [-0.25, -0.2) is 9.97 Å². The van der Waals surface area contributed by atoms with Crippen LogP contribution in [0.4, 0.5) is 5.82 Å². The molecule has 0 spiro atoms. The normalized spacial score (nSPS) is 20.4. The highest BCUT2D eigenvalue weighted by molar-refractivity contribution is 7.99. The maximum absolute atomic E-state index is 6.06. The number of thiophene rings is 1. The second kappa shape index (κ2) is 6.44. The number of ether oxygens (including phenoxy) is 1. The number of fused-ring (bicyclic) bond motifs is 3. The van der Waals surface area contributed by atoms with Crippen molar-refractivity contribution in [2.45, 2.75) is 44.6 Å². The molecule has 2 aliphatic heterocycles. The number of thioether (sulfide) groups is 1. The molecule has 0 atom stereocenters. The molecule has 4 heterocycles. The van der Waals surface area contributed by atoms with Crippen molar-refractivity contribution in [3.05, 3.63) is 10.4 Å². The van der Waals surface area contributed by atoms with Crippen molar-refractivity contribution in [1.29, 1.82) is 0 Å². The maximum Gasteiger partial charge on any atom is 0.190 e. The zero-order valence-corrected chi connectivity index (χ0v) is 16.1. The fourth-order valence-corrected chi connectivity index (χ4v) is 5.36. The SMILES string of the molecule is CCSc1nc(N2CCNCC2)c2sc3c(c2n1)COC(C)(C)C3. The van der Waals surface area contributed by atoms with Gasteiger partial charge in [0.05, 0.1) is 22.4 Å². The third-order valence-corrected chi connectivity index (χ3v) is 6.50. The lowest BCUT2D eigenvalue weighted by Gasteiger charge is -2.29. The molecule has 1 saturated heterocycles. The second-order valence-electron chi connectivity index (χ2n) is 6.91. The van der Waals surface area contributed by atoms with Gasteiger partial charge >= 0.3 is 0 Å². The minimum absolute atomic E-state index is 0.0858. The molecule has 0 aliphatic carbocycles. The third-order valence-electron chi connectivity index (χ3n) is 4.56. The van der Waals surface area contributed by atoms with E-state index in [0.717, 1.165) is 54.8 Å². The van der Waals surface area contributed by atoms with Crippen molar-refractivity contribution in [3.63, 3.8) is 0 Å². The Morgan fingerprint density at radius 3 is 2.83 bits per heavy atom. The number of piperazine rings is 1. The van der Waals surface area contributed by atoms with Crippen molar-refractivity contribution in [3.8, 4) is 0 Å².